The van der Waals surface area contributed by atoms with Crippen molar-refractivity contribution in [2.75, 3.05) is 0 Å². The molecule has 2 aromatic rings. The maximum Gasteiger partial charge on any atom is 0.303 e. The Labute approximate surface area is 146 Å². The second-order valence-electron chi connectivity index (χ2n) is 5.57. The van der Waals surface area contributed by atoms with Gasteiger partial charge in [0.15, 0.2) is 0 Å². The van der Waals surface area contributed by atoms with Crippen LogP contribution in [0.25, 0.3) is 0 Å². The van der Waals surface area contributed by atoms with Crippen molar-refractivity contribution in [3.63, 3.8) is 0 Å². The molecule has 0 aliphatic rings. The minimum absolute atomic E-state index is 0.146. The van der Waals surface area contributed by atoms with E-state index in [-0.39, 0.29) is 12.3 Å². The molecular formula is C19H20ClNO3. The lowest BCUT2D eigenvalue weighted by atomic mass is 10.0. The summed E-state index contributed by atoms with van der Waals surface area (Å²) in [5, 5.41) is 12.1. The Hall–Kier alpha value is -2.33. The minimum Gasteiger partial charge on any atom is -0.481 e. The van der Waals surface area contributed by atoms with E-state index >= 15 is 0 Å². The molecule has 0 heterocycles. The highest BCUT2D eigenvalue weighted by Gasteiger charge is 2.07. The summed E-state index contributed by atoms with van der Waals surface area (Å²) < 4.78 is 0. The third-order valence-electron chi connectivity index (χ3n) is 3.72. The van der Waals surface area contributed by atoms with Crippen LogP contribution in [-0.2, 0) is 17.8 Å². The molecule has 2 aromatic carbocycles. The molecule has 0 aliphatic heterocycles. The first-order valence-electron chi connectivity index (χ1n) is 7.88. The number of carboxylic acids is 1. The zero-order chi connectivity index (χ0) is 17.4. The molecule has 0 aliphatic carbocycles. The summed E-state index contributed by atoms with van der Waals surface area (Å²) in [5.41, 5.74) is 2.57. The Morgan fingerprint density at radius 1 is 1.00 bits per heavy atom. The molecule has 0 fully saturated rings. The van der Waals surface area contributed by atoms with Crippen LogP contribution in [0.1, 0.15) is 40.7 Å². The molecular weight excluding hydrogens is 326 g/mol. The van der Waals surface area contributed by atoms with E-state index in [1.165, 1.54) is 0 Å². The molecule has 2 N–H and O–H groups in total. The van der Waals surface area contributed by atoms with E-state index < -0.39 is 5.97 Å². The normalized spacial score (nSPS) is 10.4. The number of amides is 1. The molecule has 5 heteroatoms. The largest absolute Gasteiger partial charge is 0.481 e. The van der Waals surface area contributed by atoms with Crippen LogP contribution in [-0.4, -0.2) is 17.0 Å². The van der Waals surface area contributed by atoms with Gasteiger partial charge in [-0.15, -0.1) is 0 Å². The minimum atomic E-state index is -0.763. The van der Waals surface area contributed by atoms with E-state index in [1.807, 2.05) is 30.3 Å². The Bertz CT molecular complexity index is 698. The van der Waals surface area contributed by atoms with Crippen LogP contribution in [0.2, 0.25) is 5.02 Å². The van der Waals surface area contributed by atoms with Crippen LogP contribution in [0, 0.1) is 0 Å². The van der Waals surface area contributed by atoms with E-state index in [2.05, 4.69) is 5.32 Å². The highest BCUT2D eigenvalue weighted by Crippen LogP contribution is 2.15. The molecule has 1 amide bonds. The zero-order valence-corrected chi connectivity index (χ0v) is 14.1. The second kappa shape index (κ2) is 9.08. The molecule has 2 rings (SSSR count). The first-order chi connectivity index (χ1) is 11.6. The van der Waals surface area contributed by atoms with Gasteiger partial charge in [-0.1, -0.05) is 41.9 Å². The van der Waals surface area contributed by atoms with Gasteiger partial charge >= 0.3 is 5.97 Å². The van der Waals surface area contributed by atoms with E-state index in [0.717, 1.165) is 24.0 Å². The topological polar surface area (TPSA) is 66.4 Å². The third-order valence-corrected chi connectivity index (χ3v) is 4.09. The van der Waals surface area contributed by atoms with Crippen molar-refractivity contribution in [3.05, 3.63) is 70.2 Å². The van der Waals surface area contributed by atoms with Crippen molar-refractivity contribution in [2.24, 2.45) is 0 Å². The lowest BCUT2D eigenvalue weighted by Crippen LogP contribution is -2.22. The number of carbonyl (C=O) groups excluding carboxylic acids is 1. The Morgan fingerprint density at radius 3 is 2.38 bits per heavy atom. The van der Waals surface area contributed by atoms with Crippen molar-refractivity contribution in [1.82, 2.24) is 5.32 Å². The molecule has 0 spiro atoms. The number of rotatable bonds is 8. The average molecular weight is 346 g/mol. The number of nitrogens with one attached hydrogen (secondary N) is 1. The number of carboxylic acid groups (broad SMARTS) is 1. The van der Waals surface area contributed by atoms with Gasteiger partial charge in [0.25, 0.3) is 5.91 Å². The highest BCUT2D eigenvalue weighted by molar-refractivity contribution is 6.31. The summed E-state index contributed by atoms with van der Waals surface area (Å²) in [5.74, 6) is -0.909. The maximum absolute atomic E-state index is 12.2. The molecule has 0 aromatic heterocycles. The first-order valence-corrected chi connectivity index (χ1v) is 8.26. The summed E-state index contributed by atoms with van der Waals surface area (Å²) in [6.45, 7) is 0.384. The molecule has 0 saturated carbocycles. The van der Waals surface area contributed by atoms with Crippen molar-refractivity contribution in [3.8, 4) is 0 Å². The van der Waals surface area contributed by atoms with Gasteiger partial charge in [-0.25, -0.2) is 0 Å². The van der Waals surface area contributed by atoms with Crippen LogP contribution in [0.15, 0.2) is 48.5 Å². The van der Waals surface area contributed by atoms with Gasteiger partial charge in [0.05, 0.1) is 0 Å². The quantitative estimate of drug-likeness (QED) is 0.709. The standard InChI is InChI=1S/C19H20ClNO3/c20-17-7-3-2-6-16(17)13-21-19(24)15-11-9-14(10-12-15)5-1-4-8-18(22)23/h2-3,6-7,9-12H,1,4-5,8,13H2,(H,21,24)(H,22,23). The van der Waals surface area contributed by atoms with Crippen LogP contribution >= 0.6 is 11.6 Å². The molecule has 24 heavy (non-hydrogen) atoms. The molecule has 0 saturated heterocycles. The van der Waals surface area contributed by atoms with E-state index in [0.29, 0.717) is 23.6 Å². The van der Waals surface area contributed by atoms with Gasteiger partial charge in [-0.3, -0.25) is 9.59 Å². The Morgan fingerprint density at radius 2 is 1.71 bits per heavy atom. The predicted molar refractivity (Wildman–Crippen MR) is 94.3 cm³/mol. The van der Waals surface area contributed by atoms with E-state index in [9.17, 15) is 9.59 Å². The monoisotopic (exact) mass is 345 g/mol. The number of hydrogen-bond donors (Lipinski definition) is 2. The SMILES string of the molecule is O=C(O)CCCCc1ccc(C(=O)NCc2ccccc2Cl)cc1. The van der Waals surface area contributed by atoms with Crippen molar-refractivity contribution >= 4 is 23.5 Å². The summed E-state index contributed by atoms with van der Waals surface area (Å²) in [4.78, 5) is 22.6. The van der Waals surface area contributed by atoms with Crippen molar-refractivity contribution in [1.29, 1.82) is 0 Å². The van der Waals surface area contributed by atoms with Crippen molar-refractivity contribution in [2.45, 2.75) is 32.2 Å². The number of benzene rings is 2. The van der Waals surface area contributed by atoms with Gasteiger partial charge in [0, 0.05) is 23.6 Å². The van der Waals surface area contributed by atoms with Crippen molar-refractivity contribution < 1.29 is 14.7 Å². The van der Waals surface area contributed by atoms with Gasteiger partial charge < -0.3 is 10.4 Å². The smallest absolute Gasteiger partial charge is 0.303 e. The van der Waals surface area contributed by atoms with E-state index in [4.69, 9.17) is 16.7 Å². The van der Waals surface area contributed by atoms with Crippen LogP contribution < -0.4 is 5.32 Å². The van der Waals surface area contributed by atoms with Crippen LogP contribution in [0.5, 0.6) is 0 Å². The molecule has 4 nitrogen and oxygen atoms in total. The average Bonchev–Trinajstić information content (AvgIpc) is 2.58. The zero-order valence-electron chi connectivity index (χ0n) is 13.3. The van der Waals surface area contributed by atoms with Gasteiger partial charge in [-0.05, 0) is 48.6 Å². The van der Waals surface area contributed by atoms with Gasteiger partial charge in [-0.2, -0.15) is 0 Å². The number of aryl methyl sites for hydroxylation is 1. The van der Waals surface area contributed by atoms with Crippen LogP contribution in [0.3, 0.4) is 0 Å². The summed E-state index contributed by atoms with van der Waals surface area (Å²) in [7, 11) is 0. The Balaban J connectivity index is 1.82. The third kappa shape index (κ3) is 5.70. The fourth-order valence-corrected chi connectivity index (χ4v) is 2.55. The lowest BCUT2D eigenvalue weighted by molar-refractivity contribution is -0.137. The number of aliphatic carboxylic acids is 1. The number of hydrogen-bond acceptors (Lipinski definition) is 2. The summed E-state index contributed by atoms with van der Waals surface area (Å²) in [6.07, 6.45) is 2.50. The first kappa shape index (κ1) is 18.0. The maximum atomic E-state index is 12.2. The molecule has 0 atom stereocenters. The van der Waals surface area contributed by atoms with Gasteiger partial charge in [0.1, 0.15) is 0 Å². The Kier molecular flexibility index (Phi) is 6.82. The molecule has 0 unspecified atom stereocenters. The summed E-state index contributed by atoms with van der Waals surface area (Å²) in [6, 6.07) is 14.8. The molecule has 0 radical (unpaired) electrons. The second-order valence-corrected chi connectivity index (χ2v) is 5.98. The fraction of sp³-hybridized carbons (Fsp3) is 0.263. The number of halogens is 1. The molecule has 126 valence electrons. The van der Waals surface area contributed by atoms with E-state index in [1.54, 1.807) is 18.2 Å². The highest BCUT2D eigenvalue weighted by atomic mass is 35.5. The lowest BCUT2D eigenvalue weighted by Gasteiger charge is -2.08. The molecule has 0 bridgehead atoms. The number of carbonyl (C=O) groups is 2. The van der Waals surface area contributed by atoms with Crippen LogP contribution in [0.4, 0.5) is 0 Å². The van der Waals surface area contributed by atoms with Gasteiger partial charge in [0.2, 0.25) is 0 Å². The summed E-state index contributed by atoms with van der Waals surface area (Å²) >= 11 is 6.07. The predicted octanol–water partition coefficient (Wildman–Crippen LogP) is 4.07. The number of unbranched alkanes of at least 4 members (excludes halogenated alkanes) is 1. The fourth-order valence-electron chi connectivity index (χ4n) is 2.35.